The second-order valence-electron chi connectivity index (χ2n) is 10.9. The molecule has 5 rings (SSSR count). The number of phenols is 1. The van der Waals surface area contributed by atoms with E-state index < -0.39 is 32.7 Å². The number of carbonyl (C=O) groups excluding carboxylic acids is 3. The molecule has 0 spiro atoms. The van der Waals surface area contributed by atoms with Gasteiger partial charge in [-0.25, -0.2) is 9.59 Å². The van der Waals surface area contributed by atoms with E-state index in [9.17, 15) is 38.1 Å². The molecule has 2 fully saturated rings. The lowest BCUT2D eigenvalue weighted by molar-refractivity contribution is -0.121. The third kappa shape index (κ3) is 8.32. The molecule has 3 amide bonds. The number of benzene rings is 2. The first kappa shape index (κ1) is 33.6. The van der Waals surface area contributed by atoms with E-state index in [1.807, 2.05) is 11.8 Å². The lowest BCUT2D eigenvalue weighted by atomic mass is 10.0. The molecule has 3 atom stereocenters. The summed E-state index contributed by atoms with van der Waals surface area (Å²) in [5, 5.41) is 47.2. The van der Waals surface area contributed by atoms with Gasteiger partial charge in [-0.2, -0.15) is 25.3 Å². The monoisotopic (exact) mass is 688 g/mol. The van der Waals surface area contributed by atoms with Crippen molar-refractivity contribution in [3.8, 4) is 17.5 Å². The first-order chi connectivity index (χ1) is 22.4. The number of unbranched alkanes of at least 4 members (excludes halogenated alkanes) is 1. The Morgan fingerprint density at radius 3 is 2.53 bits per heavy atom. The lowest BCUT2D eigenvalue weighted by Crippen LogP contribution is -2.36. The number of hydrogen-bond acceptors (Lipinski definition) is 12. The van der Waals surface area contributed by atoms with Crippen LogP contribution in [0.1, 0.15) is 41.6 Å². The molecular weight excluding hydrogens is 656 g/mol. The summed E-state index contributed by atoms with van der Waals surface area (Å²) >= 11 is 1.85. The van der Waals surface area contributed by atoms with Crippen LogP contribution in [0, 0.1) is 0 Å². The van der Waals surface area contributed by atoms with E-state index in [2.05, 4.69) is 26.2 Å². The van der Waals surface area contributed by atoms with E-state index in [-0.39, 0.29) is 45.8 Å². The number of urea groups is 1. The van der Waals surface area contributed by atoms with Crippen LogP contribution in [0.4, 0.5) is 16.2 Å². The van der Waals surface area contributed by atoms with Gasteiger partial charge in [-0.15, -0.1) is 9.84 Å². The highest BCUT2D eigenvalue weighted by atomic mass is 32.2. The van der Waals surface area contributed by atoms with Gasteiger partial charge in [0.1, 0.15) is 11.4 Å². The fraction of sp³-hybridized carbons (Fsp3) is 0.345. The van der Waals surface area contributed by atoms with Crippen molar-refractivity contribution in [3.05, 3.63) is 59.7 Å². The van der Waals surface area contributed by atoms with Gasteiger partial charge in [0.25, 0.3) is 16.0 Å². The predicted octanol–water partition coefficient (Wildman–Crippen LogP) is 2.92. The van der Waals surface area contributed by atoms with E-state index in [0.29, 0.717) is 36.4 Å². The smallest absolute Gasteiger partial charge is 0.363 e. The minimum Gasteiger partial charge on any atom is -0.506 e. The number of nitrogens with one attached hydrogen (secondary N) is 3. The molecule has 18 heteroatoms. The normalized spacial score (nSPS) is 18.9. The number of azo groups is 1. The van der Waals surface area contributed by atoms with Crippen molar-refractivity contribution >= 4 is 51.2 Å². The van der Waals surface area contributed by atoms with Crippen LogP contribution in [0.2, 0.25) is 0 Å². The van der Waals surface area contributed by atoms with Crippen molar-refractivity contribution < 1.29 is 47.5 Å². The number of aromatic hydroxyl groups is 3. The Balaban J connectivity index is 1.07. The summed E-state index contributed by atoms with van der Waals surface area (Å²) in [6.07, 6.45) is 3.50. The highest BCUT2D eigenvalue weighted by Gasteiger charge is 2.42. The van der Waals surface area contributed by atoms with Crippen molar-refractivity contribution in [2.75, 3.05) is 12.3 Å². The predicted molar refractivity (Wildman–Crippen MR) is 168 cm³/mol. The van der Waals surface area contributed by atoms with Gasteiger partial charge >= 0.3 is 12.0 Å². The highest BCUT2D eigenvalue weighted by molar-refractivity contribution is 8.00. The van der Waals surface area contributed by atoms with Crippen molar-refractivity contribution in [3.63, 3.8) is 0 Å². The number of thioether (sulfide) groups is 1. The van der Waals surface area contributed by atoms with Crippen LogP contribution in [-0.4, -0.2) is 80.6 Å². The Hall–Kier alpha value is -4.81. The van der Waals surface area contributed by atoms with Gasteiger partial charge in [-0.1, -0.05) is 12.5 Å². The van der Waals surface area contributed by atoms with Crippen LogP contribution in [0.3, 0.4) is 0 Å². The molecule has 250 valence electrons. The van der Waals surface area contributed by atoms with Crippen molar-refractivity contribution in [1.29, 1.82) is 0 Å². The number of fused-ring (bicyclic) bond motifs is 1. The molecule has 0 bridgehead atoms. The average Bonchev–Trinajstić information content (AvgIpc) is 3.67. The number of aromatic nitrogens is 1. The molecule has 2 saturated heterocycles. The largest absolute Gasteiger partial charge is 0.506 e. The summed E-state index contributed by atoms with van der Waals surface area (Å²) in [7, 11) is -4.88. The van der Waals surface area contributed by atoms with Gasteiger partial charge in [0.15, 0.2) is 4.90 Å². The molecule has 3 aromatic rings. The molecule has 47 heavy (non-hydrogen) atoms. The maximum atomic E-state index is 12.4. The van der Waals surface area contributed by atoms with Crippen molar-refractivity contribution in [2.24, 2.45) is 10.2 Å². The molecule has 1 aromatic heterocycles. The van der Waals surface area contributed by atoms with Gasteiger partial charge in [-0.3, -0.25) is 9.35 Å². The maximum absolute atomic E-state index is 12.4. The molecule has 2 aliphatic rings. The van der Waals surface area contributed by atoms with Crippen molar-refractivity contribution in [2.45, 2.75) is 54.3 Å². The van der Waals surface area contributed by atoms with Gasteiger partial charge in [-0.05, 0) is 61.2 Å². The summed E-state index contributed by atoms with van der Waals surface area (Å²) in [6.45, 7) is 0.396. The third-order valence-corrected chi connectivity index (χ3v) is 9.93. The Morgan fingerprint density at radius 2 is 1.81 bits per heavy atom. The average molecular weight is 689 g/mol. The van der Waals surface area contributed by atoms with E-state index in [0.717, 1.165) is 30.6 Å². The summed E-state index contributed by atoms with van der Waals surface area (Å²) in [5.74, 6) is -2.47. The summed E-state index contributed by atoms with van der Waals surface area (Å²) in [6, 6.07) is 11.0. The van der Waals surface area contributed by atoms with Gasteiger partial charge < -0.3 is 36.1 Å². The van der Waals surface area contributed by atoms with E-state index in [1.165, 1.54) is 30.3 Å². The first-order valence-electron chi connectivity index (χ1n) is 14.5. The fourth-order valence-corrected chi connectivity index (χ4v) is 7.27. The Morgan fingerprint density at radius 1 is 1.04 bits per heavy atom. The zero-order valence-corrected chi connectivity index (χ0v) is 26.3. The molecule has 0 saturated carbocycles. The minimum atomic E-state index is -4.88. The van der Waals surface area contributed by atoms with Crippen LogP contribution in [-0.2, 0) is 21.3 Å². The third-order valence-electron chi connectivity index (χ3n) is 7.57. The molecule has 2 aromatic carbocycles. The molecule has 0 radical (unpaired) electrons. The fourth-order valence-electron chi connectivity index (χ4n) is 5.15. The van der Waals surface area contributed by atoms with Crippen LogP contribution in [0.25, 0.3) is 0 Å². The number of amides is 3. The number of hydrogen-bond donors (Lipinski definition) is 7. The Labute approximate surface area is 272 Å². The minimum absolute atomic E-state index is 0.0476. The SMILES string of the molecule is O=C(CCCC[C@@H]1SC[C@@H]2NC(=O)N[C@@H]21)NCCc1ccc(O)c(N=Nc2ccc(C(=O)On3c(O)cc(S(=O)(=O)O)c3O)cc2)c1. The van der Waals surface area contributed by atoms with Crippen LogP contribution in [0.5, 0.6) is 17.5 Å². The number of rotatable bonds is 13. The summed E-state index contributed by atoms with van der Waals surface area (Å²) in [5.41, 5.74) is 1.24. The van der Waals surface area contributed by atoms with E-state index in [4.69, 9.17) is 9.39 Å². The molecule has 3 heterocycles. The second kappa shape index (κ2) is 14.3. The van der Waals surface area contributed by atoms with Gasteiger partial charge in [0.05, 0.1) is 23.3 Å². The molecular formula is C29H32N6O10S2. The second-order valence-corrected chi connectivity index (χ2v) is 13.5. The topological polar surface area (TPSA) is 241 Å². The molecule has 0 unspecified atom stereocenters. The highest BCUT2D eigenvalue weighted by Crippen LogP contribution is 2.34. The standard InChI is InChI=1S/C29H32N6O10S2/c36-21-10-5-16(11-12-30-24(37)4-2-1-3-22-26-20(15-46-22)31-29(41)32-26)13-19(21)34-33-18-8-6-17(7-9-18)28(40)45-35-25(38)14-23(27(35)39)47(42,43)44/h5-10,13-14,20,22,26,36,38-39H,1-4,11-12,15H2,(H,30,37)(H2,31,32,41)(H,42,43,44)/t20-,22-,26-/m0/s1. The van der Waals surface area contributed by atoms with Crippen LogP contribution < -0.4 is 20.8 Å². The number of nitrogens with zero attached hydrogens (tertiary/aromatic N) is 3. The zero-order valence-electron chi connectivity index (χ0n) is 24.7. The molecule has 16 nitrogen and oxygen atoms in total. The molecule has 0 aliphatic carbocycles. The van der Waals surface area contributed by atoms with Crippen LogP contribution >= 0.6 is 11.8 Å². The van der Waals surface area contributed by atoms with Gasteiger partial charge in [0, 0.05) is 30.0 Å². The Bertz CT molecular complexity index is 1800. The van der Waals surface area contributed by atoms with E-state index in [1.54, 1.807) is 12.1 Å². The van der Waals surface area contributed by atoms with Crippen molar-refractivity contribution in [1.82, 2.24) is 20.7 Å². The van der Waals surface area contributed by atoms with Gasteiger partial charge in [0.2, 0.25) is 11.8 Å². The molecule has 7 N–H and O–H groups in total. The van der Waals surface area contributed by atoms with Crippen LogP contribution in [0.15, 0.2) is 63.7 Å². The lowest BCUT2D eigenvalue weighted by Gasteiger charge is -2.16. The first-order valence-corrected chi connectivity index (χ1v) is 17.0. The Kier molecular flexibility index (Phi) is 10.2. The quantitative estimate of drug-likeness (QED) is 0.0596. The number of phenolic OH excluding ortho intramolecular Hbond substituents is 1. The summed E-state index contributed by atoms with van der Waals surface area (Å²) in [4.78, 5) is 40.0. The number of carbonyl (C=O) groups is 3. The summed E-state index contributed by atoms with van der Waals surface area (Å²) < 4.78 is 31.7. The van der Waals surface area contributed by atoms with E-state index >= 15 is 0 Å². The maximum Gasteiger partial charge on any atom is 0.363 e. The zero-order chi connectivity index (χ0) is 33.7. The molecule has 2 aliphatic heterocycles.